The Morgan fingerprint density at radius 2 is 1.42 bits per heavy atom. The van der Waals surface area contributed by atoms with Crippen molar-refractivity contribution in [3.05, 3.63) is 77.4 Å². The number of hydrazone groups is 2. The predicted octanol–water partition coefficient (Wildman–Crippen LogP) is 4.21. The summed E-state index contributed by atoms with van der Waals surface area (Å²) in [7, 11) is 0. The minimum absolute atomic E-state index is 0.117. The molecule has 0 fully saturated rings. The Morgan fingerprint density at radius 3 is 1.89 bits per heavy atom. The van der Waals surface area contributed by atoms with E-state index in [1.54, 1.807) is 6.92 Å². The topological polar surface area (TPSA) is 153 Å². The summed E-state index contributed by atoms with van der Waals surface area (Å²) in [5, 5.41) is 19.1. The van der Waals surface area contributed by atoms with Crippen molar-refractivity contribution < 1.29 is 14.6 Å². The molecule has 5 N–H and O–H groups in total. The quantitative estimate of drug-likeness (QED) is 0.126. The van der Waals surface area contributed by atoms with Gasteiger partial charge in [0.05, 0.1) is 46.7 Å². The number of nitrogens with one attached hydrogen (secondary N) is 4. The molecule has 2 aromatic heterocycles. The van der Waals surface area contributed by atoms with E-state index in [4.69, 9.17) is 4.74 Å². The molecule has 0 spiro atoms. The number of aromatic nitrogens is 4. The van der Waals surface area contributed by atoms with Crippen LogP contribution in [0.25, 0.3) is 22.1 Å². The van der Waals surface area contributed by atoms with Crippen LogP contribution in [-0.2, 0) is 4.74 Å². The maximum Gasteiger partial charge on any atom is 0.338 e. The molecule has 36 heavy (non-hydrogen) atoms. The summed E-state index contributed by atoms with van der Waals surface area (Å²) in [6.45, 7) is 1.94. The highest BCUT2D eigenvalue weighted by atomic mass is 16.5. The van der Waals surface area contributed by atoms with Crippen LogP contribution in [0.5, 0.6) is 5.75 Å². The number of ether oxygens (including phenoxy) is 1. The van der Waals surface area contributed by atoms with Crippen LogP contribution in [0.3, 0.4) is 0 Å². The summed E-state index contributed by atoms with van der Waals surface area (Å²) in [5.41, 5.74) is 9.71. The van der Waals surface area contributed by atoms with E-state index in [0.29, 0.717) is 11.9 Å². The fraction of sp³-hybridized carbons (Fsp3) is 0.0800. The van der Waals surface area contributed by atoms with Gasteiger partial charge in [-0.05, 0) is 43.3 Å². The lowest BCUT2D eigenvalue weighted by Gasteiger charge is -2.08. The van der Waals surface area contributed by atoms with Gasteiger partial charge in [0, 0.05) is 11.1 Å². The number of nitrogens with zero attached hydrogens (tertiary/aromatic N) is 4. The summed E-state index contributed by atoms with van der Waals surface area (Å²) in [6, 6.07) is 18.1. The third kappa shape index (κ3) is 4.85. The van der Waals surface area contributed by atoms with Crippen molar-refractivity contribution in [1.82, 2.24) is 19.9 Å². The third-order valence-corrected chi connectivity index (χ3v) is 5.21. The smallest absolute Gasteiger partial charge is 0.338 e. The minimum Gasteiger partial charge on any atom is -0.507 e. The molecule has 0 amide bonds. The van der Waals surface area contributed by atoms with Crippen molar-refractivity contribution in [1.29, 1.82) is 0 Å². The number of benzene rings is 3. The van der Waals surface area contributed by atoms with Crippen LogP contribution in [0.1, 0.15) is 28.4 Å². The van der Waals surface area contributed by atoms with Crippen LogP contribution < -0.4 is 10.9 Å². The van der Waals surface area contributed by atoms with Crippen LogP contribution in [0, 0.1) is 0 Å². The first-order valence-electron chi connectivity index (χ1n) is 11.1. The number of esters is 1. The Morgan fingerprint density at radius 1 is 0.917 bits per heavy atom. The van der Waals surface area contributed by atoms with E-state index >= 15 is 0 Å². The average molecular weight is 483 g/mol. The number of fused-ring (bicyclic) bond motifs is 2. The van der Waals surface area contributed by atoms with E-state index in [1.165, 1.54) is 24.6 Å². The molecule has 0 atom stereocenters. The van der Waals surface area contributed by atoms with Gasteiger partial charge in [0.2, 0.25) is 11.9 Å². The molecule has 0 aliphatic carbocycles. The highest BCUT2D eigenvalue weighted by molar-refractivity contribution is 5.99. The van der Waals surface area contributed by atoms with Crippen molar-refractivity contribution in [2.75, 3.05) is 17.5 Å². The van der Waals surface area contributed by atoms with Gasteiger partial charge in [-0.15, -0.1) is 0 Å². The first-order valence-corrected chi connectivity index (χ1v) is 11.1. The first-order chi connectivity index (χ1) is 17.6. The number of rotatable bonds is 8. The van der Waals surface area contributed by atoms with E-state index < -0.39 is 5.97 Å². The van der Waals surface area contributed by atoms with E-state index in [9.17, 15) is 9.90 Å². The Bertz CT molecular complexity index is 1430. The molecule has 0 saturated carbocycles. The molecule has 0 unspecified atom stereocenters. The number of para-hydroxylation sites is 4. The van der Waals surface area contributed by atoms with E-state index in [1.807, 2.05) is 48.5 Å². The van der Waals surface area contributed by atoms with E-state index in [-0.39, 0.29) is 29.0 Å². The molecular formula is C25H22N8O3. The molecule has 180 valence electrons. The Labute approximate surface area is 204 Å². The van der Waals surface area contributed by atoms with Gasteiger partial charge in [0.15, 0.2) is 0 Å². The molecule has 5 rings (SSSR count). The molecule has 0 bridgehead atoms. The number of aromatic amines is 2. The van der Waals surface area contributed by atoms with Gasteiger partial charge in [-0.1, -0.05) is 24.3 Å². The maximum atomic E-state index is 12.4. The van der Waals surface area contributed by atoms with Crippen LogP contribution in [0.4, 0.5) is 11.9 Å². The predicted molar refractivity (Wildman–Crippen MR) is 139 cm³/mol. The first kappa shape index (κ1) is 22.6. The number of carbonyl (C=O) groups excluding carboxylic acids is 1. The number of anilines is 2. The second-order valence-corrected chi connectivity index (χ2v) is 7.67. The number of imidazole rings is 2. The molecule has 11 heteroatoms. The molecular weight excluding hydrogens is 460 g/mol. The number of phenols is 1. The fourth-order valence-corrected chi connectivity index (χ4v) is 3.55. The zero-order valence-electron chi connectivity index (χ0n) is 19.2. The minimum atomic E-state index is -0.530. The lowest BCUT2D eigenvalue weighted by atomic mass is 10.0. The van der Waals surface area contributed by atoms with Gasteiger partial charge in [-0.25, -0.2) is 25.6 Å². The summed E-state index contributed by atoms with van der Waals surface area (Å²) in [5.74, 6) is 0.223. The van der Waals surface area contributed by atoms with Gasteiger partial charge >= 0.3 is 5.97 Å². The zero-order chi connectivity index (χ0) is 24.9. The summed E-state index contributed by atoms with van der Waals surface area (Å²) >= 11 is 0. The fourth-order valence-electron chi connectivity index (χ4n) is 3.55. The number of aromatic hydroxyl groups is 1. The molecule has 2 heterocycles. The van der Waals surface area contributed by atoms with E-state index in [0.717, 1.165) is 22.1 Å². The number of hydrogen-bond acceptors (Lipinski definition) is 9. The Hall–Kier alpha value is -5.19. The van der Waals surface area contributed by atoms with Crippen LogP contribution in [0.2, 0.25) is 0 Å². The van der Waals surface area contributed by atoms with Crippen LogP contribution in [-0.4, -0.2) is 50.0 Å². The molecule has 5 aromatic rings. The standard InChI is InChI=1S/C25H22N8O3/c1-2-36-23(35)15-11-16(13-26-32-24-28-18-7-3-4-8-19(18)29-24)22(34)17(12-15)14-27-33-25-30-20-9-5-6-10-21(20)31-25/h3-14,34H,2H2,1H3,(H2,28,29,32)(H2,30,31,33)/b26-13-,27-14+. The van der Waals surface area contributed by atoms with Crippen molar-refractivity contribution in [3.63, 3.8) is 0 Å². The Balaban J connectivity index is 1.38. The average Bonchev–Trinajstić information content (AvgIpc) is 3.49. The van der Waals surface area contributed by atoms with Crippen molar-refractivity contribution >= 4 is 52.4 Å². The van der Waals surface area contributed by atoms with Crippen LogP contribution >= 0.6 is 0 Å². The molecule has 0 aliphatic rings. The van der Waals surface area contributed by atoms with Gasteiger partial charge < -0.3 is 19.8 Å². The summed E-state index contributed by atoms with van der Waals surface area (Å²) in [6.07, 6.45) is 2.77. The molecule has 0 saturated heterocycles. The van der Waals surface area contributed by atoms with Crippen molar-refractivity contribution in [2.24, 2.45) is 10.2 Å². The molecule has 3 aromatic carbocycles. The molecule has 0 aliphatic heterocycles. The second-order valence-electron chi connectivity index (χ2n) is 7.67. The lowest BCUT2D eigenvalue weighted by molar-refractivity contribution is 0.0526. The molecule has 11 nitrogen and oxygen atoms in total. The van der Waals surface area contributed by atoms with Gasteiger partial charge in [-0.2, -0.15) is 10.2 Å². The van der Waals surface area contributed by atoms with Crippen LogP contribution in [0.15, 0.2) is 70.9 Å². The number of H-pyrrole nitrogens is 2. The third-order valence-electron chi connectivity index (χ3n) is 5.21. The summed E-state index contributed by atoms with van der Waals surface area (Å²) < 4.78 is 5.12. The molecule has 0 radical (unpaired) electrons. The highest BCUT2D eigenvalue weighted by Crippen LogP contribution is 2.23. The van der Waals surface area contributed by atoms with E-state index in [2.05, 4.69) is 41.0 Å². The van der Waals surface area contributed by atoms with Crippen molar-refractivity contribution in [3.8, 4) is 5.75 Å². The zero-order valence-corrected chi connectivity index (χ0v) is 19.2. The number of hydrogen-bond donors (Lipinski definition) is 5. The largest absolute Gasteiger partial charge is 0.507 e. The maximum absolute atomic E-state index is 12.4. The van der Waals surface area contributed by atoms with Gasteiger partial charge in [-0.3, -0.25) is 0 Å². The normalized spacial score (nSPS) is 11.6. The SMILES string of the molecule is CCOC(=O)c1cc(/C=N\Nc2nc3ccccc3[nH]2)c(O)c(/C=N/Nc2nc3ccccc3[nH]2)c1. The number of phenolic OH excluding ortho intramolecular Hbond substituents is 1. The Kier molecular flexibility index (Phi) is 6.26. The monoisotopic (exact) mass is 482 g/mol. The van der Waals surface area contributed by atoms with Crippen molar-refractivity contribution in [2.45, 2.75) is 6.92 Å². The lowest BCUT2D eigenvalue weighted by Crippen LogP contribution is -2.07. The number of carbonyl (C=O) groups is 1. The van der Waals surface area contributed by atoms with Gasteiger partial charge in [0.25, 0.3) is 0 Å². The second kappa shape index (κ2) is 9.97. The summed E-state index contributed by atoms with van der Waals surface area (Å²) in [4.78, 5) is 27.4. The highest BCUT2D eigenvalue weighted by Gasteiger charge is 2.14. The van der Waals surface area contributed by atoms with Gasteiger partial charge in [0.1, 0.15) is 5.75 Å².